The van der Waals surface area contributed by atoms with Gasteiger partial charge in [-0.15, -0.1) is 0 Å². The van der Waals surface area contributed by atoms with Gasteiger partial charge >= 0.3 is 0 Å². The summed E-state index contributed by atoms with van der Waals surface area (Å²) < 4.78 is 0. The Kier molecular flexibility index (Phi) is 4.32. The van der Waals surface area contributed by atoms with Gasteiger partial charge in [0.2, 0.25) is 5.91 Å². The fourth-order valence-corrected chi connectivity index (χ4v) is 7.17. The molecule has 0 spiro atoms. The van der Waals surface area contributed by atoms with Crippen LogP contribution in [0, 0.1) is 28.6 Å². The molecular weight excluding hydrogens is 352 g/mol. The van der Waals surface area contributed by atoms with E-state index in [1.165, 1.54) is 0 Å². The van der Waals surface area contributed by atoms with Gasteiger partial charge in [-0.05, 0) is 83.1 Å². The highest BCUT2D eigenvalue weighted by Gasteiger charge is 2.66. The van der Waals surface area contributed by atoms with Gasteiger partial charge in [0, 0.05) is 22.4 Å². The molecule has 2 amide bonds. The third-order valence-electron chi connectivity index (χ3n) is 8.70. The molecule has 4 aliphatic rings. The van der Waals surface area contributed by atoms with E-state index in [1.807, 2.05) is 20.8 Å². The number of carbonyl (C=O) groups excluding carboxylic acids is 2. The van der Waals surface area contributed by atoms with E-state index >= 15 is 0 Å². The van der Waals surface area contributed by atoms with Gasteiger partial charge in [-0.25, -0.2) is 0 Å². The lowest BCUT2D eigenvalue weighted by atomic mass is 9.47. The van der Waals surface area contributed by atoms with E-state index in [2.05, 4.69) is 30.6 Å². The summed E-state index contributed by atoms with van der Waals surface area (Å²) in [6.07, 6.45) is 9.20. The molecular formula is C23H36N2O3. The lowest BCUT2D eigenvalue weighted by molar-refractivity contribution is -0.167. The zero-order valence-electron chi connectivity index (χ0n) is 18.0. The Bertz CT molecular complexity index is 726. The van der Waals surface area contributed by atoms with Crippen LogP contribution in [0.5, 0.6) is 0 Å². The van der Waals surface area contributed by atoms with Crippen molar-refractivity contribution in [3.63, 3.8) is 0 Å². The zero-order valence-corrected chi connectivity index (χ0v) is 18.0. The highest BCUT2D eigenvalue weighted by atomic mass is 16.3. The number of hydrogen-bond donors (Lipinski definition) is 3. The molecule has 1 aliphatic heterocycles. The molecule has 0 radical (unpaired) electrons. The maximum atomic E-state index is 13.1. The molecule has 3 fully saturated rings. The van der Waals surface area contributed by atoms with E-state index in [-0.39, 0.29) is 34.2 Å². The minimum atomic E-state index is -1.29. The van der Waals surface area contributed by atoms with E-state index in [1.54, 1.807) is 6.08 Å². The maximum Gasteiger partial charge on any atom is 0.252 e. The SMILES string of the molecule is CC(C)(C)NC(=O)C1(O)CC[C@H]2[C@@H]3CCC4NC(=O)C=C[C@]4(C)[C@@H]3CC[C@@]21C. The number of carbonyl (C=O) groups is 2. The lowest BCUT2D eigenvalue weighted by Gasteiger charge is -2.59. The number of hydrogen-bond acceptors (Lipinski definition) is 3. The van der Waals surface area contributed by atoms with Gasteiger partial charge in [-0.3, -0.25) is 9.59 Å². The summed E-state index contributed by atoms with van der Waals surface area (Å²) in [5.74, 6) is 1.17. The number of amides is 2. The van der Waals surface area contributed by atoms with Gasteiger partial charge < -0.3 is 15.7 Å². The minimum Gasteiger partial charge on any atom is -0.379 e. The first kappa shape index (κ1) is 19.9. The molecule has 3 saturated carbocycles. The summed E-state index contributed by atoms with van der Waals surface area (Å²) in [4.78, 5) is 25.0. The monoisotopic (exact) mass is 388 g/mol. The Hall–Kier alpha value is -1.36. The molecule has 1 heterocycles. The van der Waals surface area contributed by atoms with Gasteiger partial charge in [-0.1, -0.05) is 19.9 Å². The molecule has 0 aromatic rings. The molecule has 0 bridgehead atoms. The van der Waals surface area contributed by atoms with Crippen LogP contribution in [0.1, 0.15) is 73.1 Å². The molecule has 3 aliphatic carbocycles. The predicted octanol–water partition coefficient (Wildman–Crippen LogP) is 2.93. The Morgan fingerprint density at radius 2 is 1.82 bits per heavy atom. The van der Waals surface area contributed by atoms with E-state index < -0.39 is 5.60 Å². The smallest absolute Gasteiger partial charge is 0.252 e. The van der Waals surface area contributed by atoms with Crippen molar-refractivity contribution in [1.29, 1.82) is 0 Å². The Balaban J connectivity index is 1.63. The quantitative estimate of drug-likeness (QED) is 0.646. The minimum absolute atomic E-state index is 0.0213. The molecule has 0 aromatic heterocycles. The van der Waals surface area contributed by atoms with E-state index in [9.17, 15) is 14.7 Å². The fourth-order valence-electron chi connectivity index (χ4n) is 7.17. The predicted molar refractivity (Wildman–Crippen MR) is 108 cm³/mol. The summed E-state index contributed by atoms with van der Waals surface area (Å²) >= 11 is 0. The standard InChI is InChI=1S/C23H36N2O3/c1-20(2,3)25-19(27)23(28)13-9-16-14-6-7-17-21(4,11-10-18(26)24-17)15(14)8-12-22(16,23)5/h10-11,14-17,28H,6-9,12-13H2,1-5H3,(H,24,26)(H,25,27)/t14-,15-,16+,17?,21-,22+,23?/m1/s1. The molecule has 156 valence electrons. The molecule has 7 atom stereocenters. The first-order valence-electron chi connectivity index (χ1n) is 11.0. The van der Waals surface area contributed by atoms with E-state index in [0.717, 1.165) is 32.1 Å². The molecule has 0 aromatic carbocycles. The number of nitrogens with one attached hydrogen (secondary N) is 2. The van der Waals surface area contributed by atoms with Crippen LogP contribution in [0.3, 0.4) is 0 Å². The normalized spacial score (nSPS) is 47.6. The highest BCUT2D eigenvalue weighted by Crippen LogP contribution is 2.66. The van der Waals surface area contributed by atoms with Crippen molar-refractivity contribution in [2.75, 3.05) is 0 Å². The maximum absolute atomic E-state index is 13.1. The van der Waals surface area contributed by atoms with Crippen LogP contribution < -0.4 is 10.6 Å². The third kappa shape index (κ3) is 2.68. The second-order valence-electron chi connectivity index (χ2n) is 11.3. The zero-order chi connectivity index (χ0) is 20.5. The van der Waals surface area contributed by atoms with Crippen molar-refractivity contribution in [2.24, 2.45) is 28.6 Å². The molecule has 0 saturated heterocycles. The average Bonchev–Trinajstić information content (AvgIpc) is 2.87. The second kappa shape index (κ2) is 6.07. The Morgan fingerprint density at radius 3 is 2.50 bits per heavy atom. The average molecular weight is 389 g/mol. The molecule has 4 rings (SSSR count). The number of fused-ring (bicyclic) bond motifs is 5. The Labute approximate surface area is 168 Å². The molecule has 2 unspecified atom stereocenters. The van der Waals surface area contributed by atoms with E-state index in [0.29, 0.717) is 24.2 Å². The lowest BCUT2D eigenvalue weighted by Crippen LogP contribution is -2.63. The molecule has 3 N–H and O–H groups in total. The van der Waals surface area contributed by atoms with Crippen molar-refractivity contribution < 1.29 is 14.7 Å². The summed E-state index contributed by atoms with van der Waals surface area (Å²) in [6, 6.07) is 0.208. The first-order valence-corrected chi connectivity index (χ1v) is 11.0. The fraction of sp³-hybridized carbons (Fsp3) is 0.826. The van der Waals surface area contributed by atoms with Gasteiger partial charge in [0.05, 0.1) is 0 Å². The van der Waals surface area contributed by atoms with Gasteiger partial charge in [0.15, 0.2) is 0 Å². The highest BCUT2D eigenvalue weighted by molar-refractivity contribution is 5.89. The van der Waals surface area contributed by atoms with Gasteiger partial charge in [0.1, 0.15) is 5.60 Å². The molecule has 5 heteroatoms. The number of aliphatic hydroxyl groups is 1. The summed E-state index contributed by atoms with van der Waals surface area (Å²) in [7, 11) is 0. The van der Waals surface area contributed by atoms with Crippen LogP contribution in [-0.2, 0) is 9.59 Å². The van der Waals surface area contributed by atoms with Crippen LogP contribution in [0.4, 0.5) is 0 Å². The van der Waals surface area contributed by atoms with Crippen LogP contribution in [0.25, 0.3) is 0 Å². The van der Waals surface area contributed by atoms with Crippen molar-refractivity contribution >= 4 is 11.8 Å². The van der Waals surface area contributed by atoms with Crippen LogP contribution >= 0.6 is 0 Å². The number of rotatable bonds is 1. The summed E-state index contributed by atoms with van der Waals surface area (Å²) in [6.45, 7) is 10.3. The van der Waals surface area contributed by atoms with Gasteiger partial charge in [-0.2, -0.15) is 0 Å². The van der Waals surface area contributed by atoms with Crippen molar-refractivity contribution in [3.05, 3.63) is 12.2 Å². The van der Waals surface area contributed by atoms with E-state index in [4.69, 9.17) is 0 Å². The first-order chi connectivity index (χ1) is 12.9. The third-order valence-corrected chi connectivity index (χ3v) is 8.70. The molecule has 5 nitrogen and oxygen atoms in total. The van der Waals surface area contributed by atoms with Crippen molar-refractivity contribution in [3.8, 4) is 0 Å². The van der Waals surface area contributed by atoms with Crippen LogP contribution in [-0.4, -0.2) is 34.1 Å². The topological polar surface area (TPSA) is 78.4 Å². The van der Waals surface area contributed by atoms with Crippen LogP contribution in [0.2, 0.25) is 0 Å². The Morgan fingerprint density at radius 1 is 1.14 bits per heavy atom. The van der Waals surface area contributed by atoms with Crippen molar-refractivity contribution in [2.45, 2.75) is 90.3 Å². The largest absolute Gasteiger partial charge is 0.379 e. The van der Waals surface area contributed by atoms with Gasteiger partial charge in [0.25, 0.3) is 5.91 Å². The molecule has 28 heavy (non-hydrogen) atoms. The summed E-state index contributed by atoms with van der Waals surface area (Å²) in [5, 5.41) is 17.8. The van der Waals surface area contributed by atoms with Crippen molar-refractivity contribution in [1.82, 2.24) is 10.6 Å². The second-order valence-corrected chi connectivity index (χ2v) is 11.3. The summed E-state index contributed by atoms with van der Waals surface area (Å²) in [5.41, 5.74) is -2.04. The van der Waals surface area contributed by atoms with Crippen LogP contribution in [0.15, 0.2) is 12.2 Å².